The molecule has 0 aliphatic heterocycles. The summed E-state index contributed by atoms with van der Waals surface area (Å²) in [5.41, 5.74) is 0.0308. The topological polar surface area (TPSA) is 35.5 Å². The molecule has 2 saturated carbocycles. The molecule has 0 heterocycles. The Kier molecular flexibility index (Phi) is 5.49. The SMILES string of the molecule is CC(C)C(C)N(C)CCC1CCCC1(CO)NC1CC1. The first-order valence-corrected chi connectivity index (χ1v) is 8.57. The summed E-state index contributed by atoms with van der Waals surface area (Å²) in [5, 5.41) is 13.7. The number of aliphatic hydroxyl groups is 1. The van der Waals surface area contributed by atoms with Crippen LogP contribution in [0.2, 0.25) is 0 Å². The van der Waals surface area contributed by atoms with Crippen LogP contribution in [0, 0.1) is 11.8 Å². The van der Waals surface area contributed by atoms with Crippen molar-refractivity contribution in [3.63, 3.8) is 0 Å². The van der Waals surface area contributed by atoms with Crippen LogP contribution >= 0.6 is 0 Å². The summed E-state index contributed by atoms with van der Waals surface area (Å²) in [6.07, 6.45) is 7.54. The zero-order valence-corrected chi connectivity index (χ0v) is 13.9. The van der Waals surface area contributed by atoms with Gasteiger partial charge in [0.25, 0.3) is 0 Å². The van der Waals surface area contributed by atoms with Gasteiger partial charge in [-0.15, -0.1) is 0 Å². The summed E-state index contributed by atoms with van der Waals surface area (Å²) in [7, 11) is 2.24. The molecule has 0 aromatic rings. The van der Waals surface area contributed by atoms with Crippen LogP contribution < -0.4 is 5.32 Å². The summed E-state index contributed by atoms with van der Waals surface area (Å²) >= 11 is 0. The molecule has 3 nitrogen and oxygen atoms in total. The Hall–Kier alpha value is -0.120. The Labute approximate surface area is 125 Å². The van der Waals surface area contributed by atoms with Crippen LogP contribution in [0.4, 0.5) is 0 Å². The van der Waals surface area contributed by atoms with Crippen LogP contribution in [0.5, 0.6) is 0 Å². The minimum Gasteiger partial charge on any atom is -0.394 e. The van der Waals surface area contributed by atoms with Crippen molar-refractivity contribution in [1.82, 2.24) is 10.2 Å². The van der Waals surface area contributed by atoms with Gasteiger partial charge in [-0.1, -0.05) is 20.3 Å². The molecular formula is C17H34N2O. The summed E-state index contributed by atoms with van der Waals surface area (Å²) in [5.74, 6) is 1.35. The van der Waals surface area contributed by atoms with Crippen molar-refractivity contribution in [3.05, 3.63) is 0 Å². The lowest BCUT2D eigenvalue weighted by atomic mass is 9.84. The molecular weight excluding hydrogens is 248 g/mol. The quantitative estimate of drug-likeness (QED) is 0.718. The molecule has 3 unspecified atom stereocenters. The molecule has 0 saturated heterocycles. The van der Waals surface area contributed by atoms with E-state index in [1.165, 1.54) is 32.1 Å². The van der Waals surface area contributed by atoms with Crippen molar-refractivity contribution in [3.8, 4) is 0 Å². The highest BCUT2D eigenvalue weighted by molar-refractivity contribution is 5.03. The third-order valence-electron chi connectivity index (χ3n) is 5.80. The fourth-order valence-corrected chi connectivity index (χ4v) is 3.72. The van der Waals surface area contributed by atoms with Crippen molar-refractivity contribution in [1.29, 1.82) is 0 Å². The van der Waals surface area contributed by atoms with Gasteiger partial charge in [0.1, 0.15) is 0 Å². The first-order valence-electron chi connectivity index (χ1n) is 8.57. The lowest BCUT2D eigenvalue weighted by Crippen LogP contribution is -2.53. The molecule has 2 aliphatic rings. The predicted octanol–water partition coefficient (Wildman–Crippen LogP) is 2.64. The van der Waals surface area contributed by atoms with E-state index in [9.17, 15) is 5.11 Å². The maximum atomic E-state index is 9.95. The minimum atomic E-state index is 0.0308. The Balaban J connectivity index is 1.86. The lowest BCUT2D eigenvalue weighted by molar-refractivity contribution is 0.105. The molecule has 0 bridgehead atoms. The second kappa shape index (κ2) is 6.76. The third kappa shape index (κ3) is 3.75. The molecule has 2 rings (SSSR count). The summed E-state index contributed by atoms with van der Waals surface area (Å²) in [4.78, 5) is 2.49. The average molecular weight is 282 g/mol. The van der Waals surface area contributed by atoms with Crippen molar-refractivity contribution < 1.29 is 5.11 Å². The van der Waals surface area contributed by atoms with Gasteiger partial charge < -0.3 is 15.3 Å². The summed E-state index contributed by atoms with van der Waals surface area (Å²) in [6, 6.07) is 1.33. The highest BCUT2D eigenvalue weighted by atomic mass is 16.3. The molecule has 0 radical (unpaired) electrons. The van der Waals surface area contributed by atoms with Crippen molar-refractivity contribution >= 4 is 0 Å². The van der Waals surface area contributed by atoms with Crippen molar-refractivity contribution in [2.24, 2.45) is 11.8 Å². The molecule has 2 aliphatic carbocycles. The van der Waals surface area contributed by atoms with E-state index in [1.54, 1.807) is 0 Å². The first-order chi connectivity index (χ1) is 9.48. The Morgan fingerprint density at radius 1 is 1.25 bits per heavy atom. The largest absolute Gasteiger partial charge is 0.394 e. The van der Waals surface area contributed by atoms with E-state index in [2.05, 4.69) is 38.0 Å². The molecule has 0 spiro atoms. The first kappa shape index (κ1) is 16.3. The average Bonchev–Trinajstić information content (AvgIpc) is 3.14. The van der Waals surface area contributed by atoms with Crippen LogP contribution in [-0.2, 0) is 0 Å². The summed E-state index contributed by atoms with van der Waals surface area (Å²) in [6.45, 7) is 8.38. The molecule has 0 aromatic carbocycles. The fraction of sp³-hybridized carbons (Fsp3) is 1.00. The summed E-state index contributed by atoms with van der Waals surface area (Å²) < 4.78 is 0. The third-order valence-corrected chi connectivity index (χ3v) is 5.80. The normalized spacial score (nSPS) is 32.2. The smallest absolute Gasteiger partial charge is 0.0616 e. The Morgan fingerprint density at radius 2 is 1.95 bits per heavy atom. The van der Waals surface area contributed by atoms with Crippen LogP contribution in [0.25, 0.3) is 0 Å². The molecule has 3 heteroatoms. The predicted molar refractivity (Wildman–Crippen MR) is 84.9 cm³/mol. The number of hydrogen-bond donors (Lipinski definition) is 2. The Morgan fingerprint density at radius 3 is 2.50 bits per heavy atom. The van der Waals surface area contributed by atoms with Gasteiger partial charge >= 0.3 is 0 Å². The molecule has 0 aromatic heterocycles. The molecule has 20 heavy (non-hydrogen) atoms. The van der Waals surface area contributed by atoms with Crippen LogP contribution in [-0.4, -0.2) is 47.8 Å². The highest BCUT2D eigenvalue weighted by Crippen LogP contribution is 2.40. The minimum absolute atomic E-state index is 0.0308. The van der Waals surface area contributed by atoms with Gasteiger partial charge in [-0.3, -0.25) is 0 Å². The van der Waals surface area contributed by atoms with Crippen LogP contribution in [0.1, 0.15) is 59.3 Å². The van der Waals surface area contributed by atoms with Crippen molar-refractivity contribution in [2.75, 3.05) is 20.2 Å². The number of hydrogen-bond acceptors (Lipinski definition) is 3. The molecule has 3 atom stereocenters. The second-order valence-corrected chi connectivity index (χ2v) is 7.58. The molecule has 2 fully saturated rings. The fourth-order valence-electron chi connectivity index (χ4n) is 3.72. The van der Waals surface area contributed by atoms with E-state index in [-0.39, 0.29) is 5.54 Å². The number of rotatable bonds is 8. The zero-order chi connectivity index (χ0) is 14.8. The van der Waals surface area contributed by atoms with E-state index in [0.29, 0.717) is 30.5 Å². The molecule has 2 N–H and O–H groups in total. The number of nitrogens with one attached hydrogen (secondary N) is 1. The van der Waals surface area contributed by atoms with Crippen LogP contribution in [0.3, 0.4) is 0 Å². The standard InChI is InChI=1S/C17H34N2O/c1-13(2)14(3)19(4)11-9-15-6-5-10-17(15,12-20)18-16-7-8-16/h13-16,18,20H,5-12H2,1-4H3. The molecule has 118 valence electrons. The van der Waals surface area contributed by atoms with Gasteiger partial charge in [0.2, 0.25) is 0 Å². The monoisotopic (exact) mass is 282 g/mol. The van der Waals surface area contributed by atoms with Crippen molar-refractivity contribution in [2.45, 2.75) is 76.9 Å². The number of nitrogens with zero attached hydrogens (tertiary/aromatic N) is 1. The lowest BCUT2D eigenvalue weighted by Gasteiger charge is -2.37. The van der Waals surface area contributed by atoms with Gasteiger partial charge in [0.15, 0.2) is 0 Å². The highest BCUT2D eigenvalue weighted by Gasteiger charge is 2.44. The Bertz CT molecular complexity index is 303. The zero-order valence-electron chi connectivity index (χ0n) is 13.9. The van der Waals surface area contributed by atoms with Gasteiger partial charge in [-0.25, -0.2) is 0 Å². The van der Waals surface area contributed by atoms with E-state index in [1.807, 2.05) is 0 Å². The van der Waals surface area contributed by atoms with Gasteiger partial charge in [0.05, 0.1) is 6.61 Å². The van der Waals surface area contributed by atoms with E-state index in [4.69, 9.17) is 0 Å². The van der Waals surface area contributed by atoms with E-state index in [0.717, 1.165) is 13.0 Å². The second-order valence-electron chi connectivity index (χ2n) is 7.58. The van der Waals surface area contributed by atoms with Gasteiger partial charge in [0, 0.05) is 17.6 Å². The maximum absolute atomic E-state index is 9.95. The number of aliphatic hydroxyl groups excluding tert-OH is 1. The van der Waals surface area contributed by atoms with E-state index < -0.39 is 0 Å². The van der Waals surface area contributed by atoms with Gasteiger partial charge in [-0.05, 0) is 64.5 Å². The molecule has 0 amide bonds. The van der Waals surface area contributed by atoms with Gasteiger partial charge in [-0.2, -0.15) is 0 Å². The maximum Gasteiger partial charge on any atom is 0.0616 e. The van der Waals surface area contributed by atoms with Crippen LogP contribution in [0.15, 0.2) is 0 Å². The van der Waals surface area contributed by atoms with E-state index >= 15 is 0 Å².